The van der Waals surface area contributed by atoms with Gasteiger partial charge in [0.15, 0.2) is 11.5 Å². The monoisotopic (exact) mass is 473 g/mol. The maximum absolute atomic E-state index is 12.9. The van der Waals surface area contributed by atoms with E-state index < -0.39 is 16.1 Å². The van der Waals surface area contributed by atoms with Crippen LogP contribution in [-0.4, -0.2) is 81.7 Å². The van der Waals surface area contributed by atoms with Crippen molar-refractivity contribution < 1.29 is 27.5 Å². The molecule has 1 N–H and O–H groups in total. The Morgan fingerprint density at radius 3 is 2.27 bits per heavy atom. The average molecular weight is 474 g/mol. The molecule has 9 nitrogen and oxygen atoms in total. The predicted octanol–water partition coefficient (Wildman–Crippen LogP) is 0.903. The number of nitrogens with zero attached hydrogens (tertiary/aromatic N) is 2. The van der Waals surface area contributed by atoms with Crippen LogP contribution in [0.2, 0.25) is 0 Å². The van der Waals surface area contributed by atoms with Gasteiger partial charge in [0, 0.05) is 38.3 Å². The summed E-state index contributed by atoms with van der Waals surface area (Å²) >= 11 is 0. The molecule has 1 unspecified atom stereocenters. The van der Waals surface area contributed by atoms with E-state index in [1.807, 2.05) is 24.3 Å². The van der Waals surface area contributed by atoms with Crippen LogP contribution >= 0.6 is 0 Å². The van der Waals surface area contributed by atoms with E-state index in [9.17, 15) is 18.0 Å². The molecule has 1 atom stereocenters. The summed E-state index contributed by atoms with van der Waals surface area (Å²) in [5.41, 5.74) is 1.50. The molecule has 4 rings (SSSR count). The lowest BCUT2D eigenvalue weighted by Crippen LogP contribution is -2.55. The van der Waals surface area contributed by atoms with E-state index in [0.717, 1.165) is 11.8 Å². The normalized spacial score (nSPS) is 18.2. The van der Waals surface area contributed by atoms with Gasteiger partial charge in [0.1, 0.15) is 6.61 Å². The highest BCUT2D eigenvalue weighted by Crippen LogP contribution is 2.31. The van der Waals surface area contributed by atoms with Crippen LogP contribution in [0.5, 0.6) is 11.5 Å². The maximum atomic E-state index is 12.9. The Labute approximate surface area is 193 Å². The van der Waals surface area contributed by atoms with Gasteiger partial charge in [0.25, 0.3) is 11.8 Å². The second kappa shape index (κ2) is 9.80. The van der Waals surface area contributed by atoms with Crippen LogP contribution in [-0.2, 0) is 21.2 Å². The molecule has 0 radical (unpaired) electrons. The van der Waals surface area contributed by atoms with Crippen molar-refractivity contribution in [2.24, 2.45) is 0 Å². The minimum atomic E-state index is -3.22. The smallest absolute Gasteiger partial charge is 0.267 e. The molecule has 2 aliphatic heterocycles. The Balaban J connectivity index is 1.27. The molecule has 2 aliphatic rings. The number of piperazine rings is 1. The number of para-hydroxylation sites is 2. The van der Waals surface area contributed by atoms with Gasteiger partial charge in [-0.1, -0.05) is 24.3 Å². The number of fused-ring (bicyclic) bond motifs is 1. The SMILES string of the molecule is CS(=O)(=O)NCCc1ccc(C(=O)N2CCN(C(=O)C3COc4ccccc4O3)CC2)cc1. The highest BCUT2D eigenvalue weighted by atomic mass is 32.2. The van der Waals surface area contributed by atoms with E-state index in [0.29, 0.717) is 56.2 Å². The number of nitrogens with one attached hydrogen (secondary N) is 1. The predicted molar refractivity (Wildman–Crippen MR) is 122 cm³/mol. The van der Waals surface area contributed by atoms with Gasteiger partial charge in [-0.2, -0.15) is 0 Å². The van der Waals surface area contributed by atoms with Crippen LogP contribution in [0.15, 0.2) is 48.5 Å². The Kier molecular flexibility index (Phi) is 6.85. The van der Waals surface area contributed by atoms with Crippen molar-refractivity contribution in [1.82, 2.24) is 14.5 Å². The van der Waals surface area contributed by atoms with E-state index in [4.69, 9.17) is 9.47 Å². The topological polar surface area (TPSA) is 105 Å². The summed E-state index contributed by atoms with van der Waals surface area (Å²) in [5.74, 6) is 0.971. The van der Waals surface area contributed by atoms with Crippen molar-refractivity contribution in [3.63, 3.8) is 0 Å². The minimum Gasteiger partial charge on any atom is -0.485 e. The van der Waals surface area contributed by atoms with Gasteiger partial charge in [-0.15, -0.1) is 0 Å². The number of hydrogen-bond donors (Lipinski definition) is 1. The van der Waals surface area contributed by atoms with Gasteiger partial charge in [0.05, 0.1) is 6.26 Å². The molecule has 33 heavy (non-hydrogen) atoms. The quantitative estimate of drug-likeness (QED) is 0.669. The second-order valence-electron chi connectivity index (χ2n) is 8.10. The van der Waals surface area contributed by atoms with Crippen molar-refractivity contribution in [2.45, 2.75) is 12.5 Å². The highest BCUT2D eigenvalue weighted by Gasteiger charge is 2.33. The third-order valence-corrected chi connectivity index (χ3v) is 6.37. The first-order valence-electron chi connectivity index (χ1n) is 10.8. The molecule has 2 aromatic rings. The third kappa shape index (κ3) is 5.82. The zero-order valence-electron chi connectivity index (χ0n) is 18.4. The number of rotatable bonds is 6. The highest BCUT2D eigenvalue weighted by molar-refractivity contribution is 7.88. The number of hydrogen-bond acceptors (Lipinski definition) is 6. The first-order valence-corrected chi connectivity index (χ1v) is 12.7. The molecule has 2 heterocycles. The number of carbonyl (C=O) groups is 2. The fourth-order valence-electron chi connectivity index (χ4n) is 3.85. The lowest BCUT2D eigenvalue weighted by Gasteiger charge is -2.37. The van der Waals surface area contributed by atoms with Crippen molar-refractivity contribution >= 4 is 21.8 Å². The van der Waals surface area contributed by atoms with E-state index in [2.05, 4.69) is 4.72 Å². The van der Waals surface area contributed by atoms with Gasteiger partial charge >= 0.3 is 0 Å². The summed E-state index contributed by atoms with van der Waals surface area (Å²) in [6.07, 6.45) is 0.975. The summed E-state index contributed by atoms with van der Waals surface area (Å²) in [6.45, 7) is 2.22. The molecular weight excluding hydrogens is 446 g/mol. The summed E-state index contributed by atoms with van der Waals surface area (Å²) in [5, 5.41) is 0. The van der Waals surface area contributed by atoms with Gasteiger partial charge in [-0.05, 0) is 36.2 Å². The fourth-order valence-corrected chi connectivity index (χ4v) is 4.32. The lowest BCUT2D eigenvalue weighted by molar-refractivity contribution is -0.142. The molecule has 10 heteroatoms. The Morgan fingerprint density at radius 1 is 0.970 bits per heavy atom. The number of carbonyl (C=O) groups excluding carboxylic acids is 2. The molecule has 0 aliphatic carbocycles. The van der Waals surface area contributed by atoms with Crippen LogP contribution in [0.3, 0.4) is 0 Å². The number of ether oxygens (including phenoxy) is 2. The molecule has 1 fully saturated rings. The number of amides is 2. The third-order valence-electron chi connectivity index (χ3n) is 5.64. The molecule has 2 aromatic carbocycles. The van der Waals surface area contributed by atoms with Crippen LogP contribution in [0.4, 0.5) is 0 Å². The largest absolute Gasteiger partial charge is 0.485 e. The molecule has 0 bridgehead atoms. The van der Waals surface area contributed by atoms with Crippen molar-refractivity contribution in [3.8, 4) is 11.5 Å². The van der Waals surface area contributed by atoms with E-state index in [-0.39, 0.29) is 18.4 Å². The zero-order chi connectivity index (χ0) is 23.4. The maximum Gasteiger partial charge on any atom is 0.267 e. The first kappa shape index (κ1) is 23.1. The molecule has 176 valence electrons. The lowest BCUT2D eigenvalue weighted by atomic mass is 10.1. The van der Waals surface area contributed by atoms with Gasteiger partial charge < -0.3 is 19.3 Å². The molecule has 0 spiro atoms. The minimum absolute atomic E-state index is 0.0888. The van der Waals surface area contributed by atoms with E-state index in [1.54, 1.807) is 34.1 Å². The Hall–Kier alpha value is -3.11. The van der Waals surface area contributed by atoms with E-state index in [1.165, 1.54) is 0 Å². The molecule has 1 saturated heterocycles. The van der Waals surface area contributed by atoms with Crippen molar-refractivity contribution in [3.05, 3.63) is 59.7 Å². The standard InChI is InChI=1S/C23H27N3O6S/c1-33(29,30)24-11-10-17-6-8-18(9-7-17)22(27)25-12-14-26(15-13-25)23(28)21-16-31-19-4-2-3-5-20(19)32-21/h2-9,21,24H,10-16H2,1H3. The molecular formula is C23H27N3O6S. The van der Waals surface area contributed by atoms with Crippen LogP contribution in [0.1, 0.15) is 15.9 Å². The average Bonchev–Trinajstić information content (AvgIpc) is 2.82. The summed E-state index contributed by atoms with van der Waals surface area (Å²) in [4.78, 5) is 29.2. The van der Waals surface area contributed by atoms with Gasteiger partial charge in [-0.25, -0.2) is 13.1 Å². The van der Waals surface area contributed by atoms with Crippen LogP contribution < -0.4 is 14.2 Å². The van der Waals surface area contributed by atoms with Crippen LogP contribution in [0, 0.1) is 0 Å². The number of benzene rings is 2. The Bertz CT molecular complexity index is 1110. The first-order chi connectivity index (χ1) is 15.8. The van der Waals surface area contributed by atoms with Gasteiger partial charge in [0.2, 0.25) is 16.1 Å². The number of sulfonamides is 1. The summed E-state index contributed by atoms with van der Waals surface area (Å²) in [7, 11) is -3.22. The zero-order valence-corrected chi connectivity index (χ0v) is 19.2. The van der Waals surface area contributed by atoms with Crippen LogP contribution in [0.25, 0.3) is 0 Å². The Morgan fingerprint density at radius 2 is 1.61 bits per heavy atom. The van der Waals surface area contributed by atoms with E-state index >= 15 is 0 Å². The molecule has 0 aromatic heterocycles. The second-order valence-corrected chi connectivity index (χ2v) is 9.93. The summed E-state index contributed by atoms with van der Waals surface area (Å²) < 4.78 is 36.2. The summed E-state index contributed by atoms with van der Waals surface area (Å²) in [6, 6.07) is 14.4. The van der Waals surface area contributed by atoms with Crippen molar-refractivity contribution in [1.29, 1.82) is 0 Å². The van der Waals surface area contributed by atoms with Gasteiger partial charge in [-0.3, -0.25) is 9.59 Å². The molecule has 0 saturated carbocycles. The molecule has 2 amide bonds. The van der Waals surface area contributed by atoms with Crippen molar-refractivity contribution in [2.75, 3.05) is 45.6 Å². The fraction of sp³-hybridized carbons (Fsp3) is 0.391.